The molecule has 0 aromatic heterocycles. The Morgan fingerprint density at radius 1 is 1.10 bits per heavy atom. The second-order valence-electron chi connectivity index (χ2n) is 4.49. The van der Waals surface area contributed by atoms with Crippen molar-refractivity contribution in [3.8, 4) is 0 Å². The minimum Gasteiger partial charge on any atom is -0.348 e. The predicted molar refractivity (Wildman–Crippen MR) is 91.3 cm³/mol. The van der Waals surface area contributed by atoms with E-state index in [1.165, 1.54) is 5.56 Å². The number of hydrogen-bond donors (Lipinski definition) is 1. The molecule has 0 aliphatic heterocycles. The number of rotatable bonds is 5. The van der Waals surface area contributed by atoms with Crippen molar-refractivity contribution in [2.75, 3.05) is 5.88 Å². The van der Waals surface area contributed by atoms with Crippen LogP contribution in [-0.2, 0) is 6.42 Å². The summed E-state index contributed by atoms with van der Waals surface area (Å²) in [5, 5.41) is 3.00. The summed E-state index contributed by atoms with van der Waals surface area (Å²) in [5.41, 5.74) is 1.86. The van der Waals surface area contributed by atoms with Crippen molar-refractivity contribution in [1.29, 1.82) is 0 Å². The molecule has 0 spiro atoms. The van der Waals surface area contributed by atoms with Gasteiger partial charge in [0.25, 0.3) is 5.91 Å². The van der Waals surface area contributed by atoms with Gasteiger partial charge in [-0.15, -0.1) is 11.6 Å². The molecule has 1 unspecified atom stereocenters. The van der Waals surface area contributed by atoms with E-state index in [0.717, 1.165) is 9.99 Å². The average molecular weight is 400 g/mol. The van der Waals surface area contributed by atoms with Gasteiger partial charge in [-0.25, -0.2) is 0 Å². The van der Waals surface area contributed by atoms with Crippen LogP contribution in [0.25, 0.3) is 0 Å². The largest absolute Gasteiger partial charge is 0.348 e. The van der Waals surface area contributed by atoms with E-state index in [2.05, 4.69) is 27.9 Å². The molecule has 104 valence electrons. The molecular weight excluding hydrogens is 385 g/mol. The molecule has 0 saturated heterocycles. The Bertz CT molecular complexity index is 574. The zero-order valence-corrected chi connectivity index (χ0v) is 13.8. The first-order valence-corrected chi connectivity index (χ1v) is 7.97. The fourth-order valence-corrected chi connectivity index (χ4v) is 2.77. The van der Waals surface area contributed by atoms with Crippen LogP contribution in [0.1, 0.15) is 15.9 Å². The summed E-state index contributed by atoms with van der Waals surface area (Å²) in [6, 6.07) is 17.5. The molecule has 0 fully saturated rings. The van der Waals surface area contributed by atoms with Crippen LogP contribution in [0, 0.1) is 3.57 Å². The first-order chi connectivity index (χ1) is 9.70. The van der Waals surface area contributed by atoms with Crippen LogP contribution in [0.4, 0.5) is 0 Å². The number of nitrogens with one attached hydrogen (secondary N) is 1. The van der Waals surface area contributed by atoms with E-state index in [0.29, 0.717) is 11.4 Å². The minimum absolute atomic E-state index is 0.0671. The number of halogens is 2. The van der Waals surface area contributed by atoms with Crippen LogP contribution in [0.2, 0.25) is 0 Å². The Morgan fingerprint density at radius 3 is 2.40 bits per heavy atom. The van der Waals surface area contributed by atoms with Crippen molar-refractivity contribution < 1.29 is 4.79 Å². The van der Waals surface area contributed by atoms with Crippen molar-refractivity contribution in [3.05, 3.63) is 69.3 Å². The molecular formula is C16H15ClINO. The lowest BCUT2D eigenvalue weighted by Crippen LogP contribution is -2.38. The quantitative estimate of drug-likeness (QED) is 0.600. The number of hydrogen-bond acceptors (Lipinski definition) is 1. The number of carbonyl (C=O) groups excluding carboxylic acids is 1. The first kappa shape index (κ1) is 15.3. The highest BCUT2D eigenvalue weighted by atomic mass is 127. The number of benzene rings is 2. The van der Waals surface area contributed by atoms with Crippen molar-refractivity contribution in [2.24, 2.45) is 0 Å². The fourth-order valence-electron chi connectivity index (χ4n) is 1.95. The van der Waals surface area contributed by atoms with E-state index in [9.17, 15) is 4.79 Å². The molecule has 0 aliphatic rings. The van der Waals surface area contributed by atoms with Gasteiger partial charge < -0.3 is 5.32 Å². The van der Waals surface area contributed by atoms with Crippen molar-refractivity contribution in [1.82, 2.24) is 5.32 Å². The van der Waals surface area contributed by atoms with Gasteiger partial charge in [0, 0.05) is 15.5 Å². The lowest BCUT2D eigenvalue weighted by Gasteiger charge is -2.16. The topological polar surface area (TPSA) is 29.1 Å². The number of alkyl halides is 1. The van der Waals surface area contributed by atoms with Gasteiger partial charge >= 0.3 is 0 Å². The second-order valence-corrected chi connectivity index (χ2v) is 5.97. The van der Waals surface area contributed by atoms with Gasteiger partial charge in [0.05, 0.1) is 5.56 Å². The van der Waals surface area contributed by atoms with Gasteiger partial charge in [-0.3, -0.25) is 4.79 Å². The monoisotopic (exact) mass is 399 g/mol. The molecule has 2 aromatic carbocycles. The van der Waals surface area contributed by atoms with Crippen LogP contribution in [0.15, 0.2) is 54.6 Å². The molecule has 0 radical (unpaired) electrons. The molecule has 1 N–H and O–H groups in total. The Labute approximate surface area is 137 Å². The smallest absolute Gasteiger partial charge is 0.252 e. The predicted octanol–water partition coefficient (Wildman–Crippen LogP) is 3.87. The normalized spacial score (nSPS) is 11.9. The minimum atomic E-state index is -0.0726. The maximum atomic E-state index is 12.3. The lowest BCUT2D eigenvalue weighted by molar-refractivity contribution is 0.0939. The average Bonchev–Trinajstić information content (AvgIpc) is 2.48. The Hall–Kier alpha value is -1.07. The summed E-state index contributed by atoms with van der Waals surface area (Å²) in [6.07, 6.45) is 0.736. The SMILES string of the molecule is O=C(NC(CCl)Cc1ccccc1)c1ccccc1I. The second kappa shape index (κ2) is 7.64. The molecule has 2 aromatic rings. The number of amides is 1. The third-order valence-corrected chi connectivity index (χ3v) is 4.28. The van der Waals surface area contributed by atoms with E-state index in [4.69, 9.17) is 11.6 Å². The third kappa shape index (κ3) is 4.21. The van der Waals surface area contributed by atoms with Crippen LogP contribution >= 0.6 is 34.2 Å². The number of carbonyl (C=O) groups is 1. The van der Waals surface area contributed by atoms with E-state index >= 15 is 0 Å². The molecule has 2 nitrogen and oxygen atoms in total. The van der Waals surface area contributed by atoms with Gasteiger partial charge in [0.15, 0.2) is 0 Å². The van der Waals surface area contributed by atoms with E-state index in [1.807, 2.05) is 54.6 Å². The van der Waals surface area contributed by atoms with Gasteiger partial charge in [-0.05, 0) is 46.7 Å². The summed E-state index contributed by atoms with van der Waals surface area (Å²) in [7, 11) is 0. The van der Waals surface area contributed by atoms with Crippen molar-refractivity contribution in [3.63, 3.8) is 0 Å². The van der Waals surface area contributed by atoms with Gasteiger partial charge in [-0.1, -0.05) is 42.5 Å². The molecule has 1 amide bonds. The van der Waals surface area contributed by atoms with Crippen LogP contribution in [-0.4, -0.2) is 17.8 Å². The summed E-state index contributed by atoms with van der Waals surface area (Å²) >= 11 is 8.14. The molecule has 0 saturated carbocycles. The zero-order chi connectivity index (χ0) is 14.4. The van der Waals surface area contributed by atoms with Crippen LogP contribution < -0.4 is 5.32 Å². The zero-order valence-electron chi connectivity index (χ0n) is 10.9. The van der Waals surface area contributed by atoms with E-state index in [-0.39, 0.29) is 11.9 Å². The molecule has 2 rings (SSSR count). The standard InChI is InChI=1S/C16H15ClINO/c17-11-13(10-12-6-2-1-3-7-12)19-16(20)14-8-4-5-9-15(14)18/h1-9,13H,10-11H2,(H,19,20). The van der Waals surface area contributed by atoms with Crippen LogP contribution in [0.5, 0.6) is 0 Å². The maximum Gasteiger partial charge on any atom is 0.252 e. The highest BCUT2D eigenvalue weighted by Crippen LogP contribution is 2.12. The van der Waals surface area contributed by atoms with Gasteiger partial charge in [0.2, 0.25) is 0 Å². The molecule has 0 heterocycles. The summed E-state index contributed by atoms with van der Waals surface area (Å²) in [5.74, 6) is 0.320. The van der Waals surface area contributed by atoms with Gasteiger partial charge in [-0.2, -0.15) is 0 Å². The summed E-state index contributed by atoms with van der Waals surface area (Å²) in [4.78, 5) is 12.3. The van der Waals surface area contributed by atoms with Gasteiger partial charge in [0.1, 0.15) is 0 Å². The highest BCUT2D eigenvalue weighted by molar-refractivity contribution is 14.1. The Kier molecular flexibility index (Phi) is 5.86. The van der Waals surface area contributed by atoms with Crippen molar-refractivity contribution in [2.45, 2.75) is 12.5 Å². The highest BCUT2D eigenvalue weighted by Gasteiger charge is 2.15. The van der Waals surface area contributed by atoms with Crippen molar-refractivity contribution >= 4 is 40.1 Å². The molecule has 0 bridgehead atoms. The van der Waals surface area contributed by atoms with Crippen LogP contribution in [0.3, 0.4) is 0 Å². The third-order valence-electron chi connectivity index (χ3n) is 2.96. The Balaban J connectivity index is 2.03. The Morgan fingerprint density at radius 2 is 1.75 bits per heavy atom. The summed E-state index contributed by atoms with van der Waals surface area (Å²) < 4.78 is 0.940. The summed E-state index contributed by atoms with van der Waals surface area (Å²) in [6.45, 7) is 0. The molecule has 1 atom stereocenters. The fraction of sp³-hybridized carbons (Fsp3) is 0.188. The molecule has 4 heteroatoms. The maximum absolute atomic E-state index is 12.3. The lowest BCUT2D eigenvalue weighted by atomic mass is 10.1. The van der Waals surface area contributed by atoms with E-state index < -0.39 is 0 Å². The van der Waals surface area contributed by atoms with E-state index in [1.54, 1.807) is 0 Å². The molecule has 0 aliphatic carbocycles. The molecule has 20 heavy (non-hydrogen) atoms. The first-order valence-electron chi connectivity index (χ1n) is 6.36.